The Balaban J connectivity index is 1.77. The molecule has 2 aromatic rings. The first-order chi connectivity index (χ1) is 12.1. The lowest BCUT2D eigenvalue weighted by Gasteiger charge is -2.15. The van der Waals surface area contributed by atoms with Gasteiger partial charge in [0.15, 0.2) is 0 Å². The summed E-state index contributed by atoms with van der Waals surface area (Å²) in [5.41, 5.74) is 6.55. The van der Waals surface area contributed by atoms with Crippen LogP contribution in [-0.2, 0) is 13.0 Å². The molecule has 1 saturated heterocycles. The Hall–Kier alpha value is -1.73. The van der Waals surface area contributed by atoms with Crippen molar-refractivity contribution < 1.29 is 4.79 Å². The maximum Gasteiger partial charge on any atom is 0.264 e. The number of aryl methyl sites for hydroxylation is 2. The SMILES string of the molecule is Cc1c(C(=O)N2CCC(CN)C2)sc2nc3n(c(=O)c12)CCCCC3. The molecule has 0 saturated carbocycles. The second-order valence-corrected chi connectivity index (χ2v) is 8.17. The molecule has 4 rings (SSSR count). The number of likely N-dealkylation sites (tertiary alicyclic amines) is 1. The number of nitrogens with two attached hydrogens (primary N) is 1. The molecule has 7 heteroatoms. The highest BCUT2D eigenvalue weighted by Gasteiger charge is 2.29. The largest absolute Gasteiger partial charge is 0.338 e. The van der Waals surface area contributed by atoms with Crippen LogP contribution in [0.15, 0.2) is 4.79 Å². The van der Waals surface area contributed by atoms with Gasteiger partial charge in [0.05, 0.1) is 10.3 Å². The van der Waals surface area contributed by atoms with Crippen molar-refractivity contribution in [3.05, 3.63) is 26.6 Å². The number of nitrogens with zero attached hydrogens (tertiary/aromatic N) is 3. The molecule has 1 atom stereocenters. The van der Waals surface area contributed by atoms with E-state index in [1.54, 1.807) is 0 Å². The Morgan fingerprint density at radius 1 is 1.32 bits per heavy atom. The average Bonchev–Trinajstić information content (AvgIpc) is 3.13. The van der Waals surface area contributed by atoms with Gasteiger partial charge in [0.1, 0.15) is 10.7 Å². The average molecular weight is 360 g/mol. The molecule has 4 heterocycles. The smallest absolute Gasteiger partial charge is 0.264 e. The van der Waals surface area contributed by atoms with Crippen molar-refractivity contribution >= 4 is 27.5 Å². The molecule has 0 radical (unpaired) electrons. The van der Waals surface area contributed by atoms with Gasteiger partial charge >= 0.3 is 0 Å². The second-order valence-electron chi connectivity index (χ2n) is 7.17. The molecule has 134 valence electrons. The molecule has 2 aromatic heterocycles. The van der Waals surface area contributed by atoms with E-state index in [0.717, 1.165) is 56.6 Å². The Bertz CT molecular complexity index is 885. The third kappa shape index (κ3) is 2.79. The van der Waals surface area contributed by atoms with Crippen molar-refractivity contribution in [1.29, 1.82) is 0 Å². The normalized spacial score (nSPS) is 20.7. The fourth-order valence-electron chi connectivity index (χ4n) is 3.97. The first-order valence-corrected chi connectivity index (χ1v) is 9.94. The van der Waals surface area contributed by atoms with Crippen LogP contribution >= 0.6 is 11.3 Å². The minimum absolute atomic E-state index is 0.0240. The summed E-state index contributed by atoms with van der Waals surface area (Å²) in [4.78, 5) is 33.9. The molecule has 6 nitrogen and oxygen atoms in total. The van der Waals surface area contributed by atoms with Crippen molar-refractivity contribution in [3.8, 4) is 0 Å². The summed E-state index contributed by atoms with van der Waals surface area (Å²) in [6.07, 6.45) is 5.03. The van der Waals surface area contributed by atoms with Crippen molar-refractivity contribution in [3.63, 3.8) is 0 Å². The van der Waals surface area contributed by atoms with Gasteiger partial charge < -0.3 is 10.6 Å². The van der Waals surface area contributed by atoms with Crippen LogP contribution in [0.4, 0.5) is 0 Å². The minimum Gasteiger partial charge on any atom is -0.338 e. The lowest BCUT2D eigenvalue weighted by atomic mass is 10.1. The topological polar surface area (TPSA) is 81.2 Å². The molecular formula is C18H24N4O2S. The van der Waals surface area contributed by atoms with E-state index in [-0.39, 0.29) is 11.5 Å². The highest BCUT2D eigenvalue weighted by Crippen LogP contribution is 2.30. The second kappa shape index (κ2) is 6.53. The Morgan fingerprint density at radius 2 is 2.16 bits per heavy atom. The van der Waals surface area contributed by atoms with E-state index < -0.39 is 0 Å². The van der Waals surface area contributed by atoms with Crippen LogP contribution < -0.4 is 11.3 Å². The molecule has 1 fully saturated rings. The van der Waals surface area contributed by atoms with Crippen LogP contribution in [0.2, 0.25) is 0 Å². The van der Waals surface area contributed by atoms with Gasteiger partial charge in [-0.05, 0) is 44.2 Å². The summed E-state index contributed by atoms with van der Waals surface area (Å²) in [5.74, 6) is 1.29. The van der Waals surface area contributed by atoms with E-state index in [1.807, 2.05) is 16.4 Å². The van der Waals surface area contributed by atoms with Crippen LogP contribution in [0.1, 0.15) is 46.7 Å². The van der Waals surface area contributed by atoms with E-state index in [9.17, 15) is 9.59 Å². The third-order valence-corrected chi connectivity index (χ3v) is 6.69. The number of rotatable bonds is 2. The summed E-state index contributed by atoms with van der Waals surface area (Å²) in [7, 11) is 0. The molecular weight excluding hydrogens is 336 g/mol. The molecule has 0 aliphatic carbocycles. The quantitative estimate of drug-likeness (QED) is 0.887. The highest BCUT2D eigenvalue weighted by molar-refractivity contribution is 7.20. The van der Waals surface area contributed by atoms with E-state index in [0.29, 0.717) is 34.1 Å². The number of carbonyl (C=O) groups is 1. The molecule has 0 spiro atoms. The summed E-state index contributed by atoms with van der Waals surface area (Å²) < 4.78 is 1.82. The number of hydrogen-bond donors (Lipinski definition) is 1. The summed E-state index contributed by atoms with van der Waals surface area (Å²) in [6.45, 7) is 4.70. The lowest BCUT2D eigenvalue weighted by molar-refractivity contribution is 0.0792. The third-order valence-electron chi connectivity index (χ3n) is 5.51. The van der Waals surface area contributed by atoms with Crippen LogP contribution in [0.5, 0.6) is 0 Å². The number of amides is 1. The maximum atomic E-state index is 13.0. The van der Waals surface area contributed by atoms with Gasteiger partial charge in [0.25, 0.3) is 11.5 Å². The Morgan fingerprint density at radius 3 is 2.92 bits per heavy atom. The predicted molar refractivity (Wildman–Crippen MR) is 99.2 cm³/mol. The fraction of sp³-hybridized carbons (Fsp3) is 0.611. The van der Waals surface area contributed by atoms with Crippen molar-refractivity contribution in [1.82, 2.24) is 14.5 Å². The van der Waals surface area contributed by atoms with E-state index >= 15 is 0 Å². The number of carbonyl (C=O) groups excluding carboxylic acids is 1. The van der Waals surface area contributed by atoms with Crippen LogP contribution in [0, 0.1) is 12.8 Å². The molecule has 25 heavy (non-hydrogen) atoms. The van der Waals surface area contributed by atoms with Gasteiger partial charge in [-0.25, -0.2) is 4.98 Å². The molecule has 1 unspecified atom stereocenters. The summed E-state index contributed by atoms with van der Waals surface area (Å²) in [5, 5.41) is 0.633. The van der Waals surface area contributed by atoms with Crippen molar-refractivity contribution in [2.45, 2.75) is 45.6 Å². The summed E-state index contributed by atoms with van der Waals surface area (Å²) >= 11 is 1.37. The summed E-state index contributed by atoms with van der Waals surface area (Å²) in [6, 6.07) is 0. The molecule has 2 aliphatic heterocycles. The zero-order chi connectivity index (χ0) is 17.6. The zero-order valence-electron chi connectivity index (χ0n) is 14.6. The Kier molecular flexibility index (Phi) is 4.37. The molecule has 0 bridgehead atoms. The van der Waals surface area contributed by atoms with Gasteiger partial charge in [-0.1, -0.05) is 6.42 Å². The van der Waals surface area contributed by atoms with Gasteiger partial charge in [0.2, 0.25) is 0 Å². The maximum absolute atomic E-state index is 13.0. The van der Waals surface area contributed by atoms with Crippen molar-refractivity contribution in [2.24, 2.45) is 11.7 Å². The Labute approximate surface area is 150 Å². The monoisotopic (exact) mass is 360 g/mol. The van der Waals surface area contributed by atoms with E-state index in [4.69, 9.17) is 10.7 Å². The number of hydrogen-bond acceptors (Lipinski definition) is 5. The first kappa shape index (κ1) is 16.7. The van der Waals surface area contributed by atoms with Gasteiger partial charge in [0, 0.05) is 26.1 Å². The van der Waals surface area contributed by atoms with E-state index in [2.05, 4.69) is 0 Å². The highest BCUT2D eigenvalue weighted by atomic mass is 32.1. The molecule has 2 N–H and O–H groups in total. The van der Waals surface area contributed by atoms with Crippen LogP contribution in [0.25, 0.3) is 10.2 Å². The van der Waals surface area contributed by atoms with Crippen molar-refractivity contribution in [2.75, 3.05) is 19.6 Å². The standard InChI is InChI=1S/C18H24N4O2S/c1-11-14-16(20-13-5-3-2-4-7-22(13)17(14)23)25-15(11)18(24)21-8-6-12(9-19)10-21/h12H,2-10,19H2,1H3. The number of aromatic nitrogens is 2. The minimum atomic E-state index is 0.0240. The fourth-order valence-corrected chi connectivity index (χ4v) is 5.13. The number of fused-ring (bicyclic) bond motifs is 2. The first-order valence-electron chi connectivity index (χ1n) is 9.12. The zero-order valence-corrected chi connectivity index (χ0v) is 15.4. The van der Waals surface area contributed by atoms with E-state index in [1.165, 1.54) is 11.3 Å². The van der Waals surface area contributed by atoms with Crippen LogP contribution in [-0.4, -0.2) is 40.0 Å². The molecule has 2 aliphatic rings. The van der Waals surface area contributed by atoms with Gasteiger partial charge in [-0.3, -0.25) is 14.2 Å². The van der Waals surface area contributed by atoms with Crippen LogP contribution in [0.3, 0.4) is 0 Å². The number of thiophene rings is 1. The molecule has 0 aromatic carbocycles. The predicted octanol–water partition coefficient (Wildman–Crippen LogP) is 1.91. The molecule has 1 amide bonds. The van der Waals surface area contributed by atoms with Gasteiger partial charge in [-0.15, -0.1) is 11.3 Å². The lowest BCUT2D eigenvalue weighted by Crippen LogP contribution is -2.29. The van der Waals surface area contributed by atoms with Gasteiger partial charge in [-0.2, -0.15) is 0 Å².